The van der Waals surface area contributed by atoms with Crippen LogP contribution in [0.3, 0.4) is 0 Å². The van der Waals surface area contributed by atoms with E-state index in [0.29, 0.717) is 32.9 Å². The van der Waals surface area contributed by atoms with Crippen molar-refractivity contribution in [1.29, 1.82) is 0 Å². The molecule has 4 heterocycles. The van der Waals surface area contributed by atoms with Crippen molar-refractivity contribution in [3.8, 4) is 5.69 Å². The SMILES string of the molecule is C=C(c1nc2c(NCC(F)(F)c3ccccn3)nccc2o1)c1cc(Cl)ccc1-n1cncn1. The molecule has 0 saturated heterocycles. The molecule has 8 nitrogen and oxygen atoms in total. The molecule has 0 atom stereocenters. The van der Waals surface area contributed by atoms with Crippen molar-refractivity contribution < 1.29 is 13.2 Å². The van der Waals surface area contributed by atoms with Gasteiger partial charge >= 0.3 is 5.92 Å². The van der Waals surface area contributed by atoms with Crippen molar-refractivity contribution in [3.05, 3.63) is 96.3 Å². The molecule has 0 bridgehead atoms. The fourth-order valence-electron chi connectivity index (χ4n) is 3.38. The minimum Gasteiger partial charge on any atom is -0.436 e. The van der Waals surface area contributed by atoms with Crippen LogP contribution in [-0.2, 0) is 5.92 Å². The monoisotopic (exact) mass is 479 g/mol. The second-order valence-corrected chi connectivity index (χ2v) is 7.71. The van der Waals surface area contributed by atoms with Gasteiger partial charge in [0.05, 0.1) is 12.2 Å². The summed E-state index contributed by atoms with van der Waals surface area (Å²) in [7, 11) is 0. The Balaban J connectivity index is 1.47. The van der Waals surface area contributed by atoms with Gasteiger partial charge in [-0.25, -0.2) is 19.6 Å². The van der Waals surface area contributed by atoms with Gasteiger partial charge in [0.15, 0.2) is 16.9 Å². The summed E-state index contributed by atoms with van der Waals surface area (Å²) in [6.45, 7) is 3.39. The van der Waals surface area contributed by atoms with Gasteiger partial charge in [-0.2, -0.15) is 13.9 Å². The van der Waals surface area contributed by atoms with Gasteiger partial charge in [-0.1, -0.05) is 24.2 Å². The average molecular weight is 480 g/mol. The van der Waals surface area contributed by atoms with Crippen molar-refractivity contribution in [2.45, 2.75) is 5.92 Å². The van der Waals surface area contributed by atoms with Crippen LogP contribution in [0.25, 0.3) is 22.4 Å². The molecule has 34 heavy (non-hydrogen) atoms. The van der Waals surface area contributed by atoms with E-state index in [2.05, 4.69) is 36.9 Å². The van der Waals surface area contributed by atoms with Crippen LogP contribution in [0.1, 0.15) is 17.1 Å². The standard InChI is InChI=1S/C23H16ClF2N7O/c1-14(16-10-15(24)5-6-17(16)33-13-27-12-31-33)22-32-20-18(34-22)7-9-29-21(20)30-11-23(25,26)19-4-2-3-8-28-19/h2-10,12-13H,1,11H2,(H,29,30). The zero-order valence-corrected chi connectivity index (χ0v) is 18.2. The Bertz CT molecular complexity index is 1470. The van der Waals surface area contributed by atoms with Crippen molar-refractivity contribution in [3.63, 3.8) is 0 Å². The summed E-state index contributed by atoms with van der Waals surface area (Å²) in [5, 5.41) is 7.30. The Hall–Kier alpha value is -4.18. The first-order valence-electron chi connectivity index (χ1n) is 10.1. The zero-order valence-electron chi connectivity index (χ0n) is 17.5. The maximum atomic E-state index is 14.6. The molecule has 5 aromatic rings. The van der Waals surface area contributed by atoms with Gasteiger partial charge in [0.25, 0.3) is 0 Å². The van der Waals surface area contributed by atoms with Crippen molar-refractivity contribution in [2.24, 2.45) is 0 Å². The Morgan fingerprint density at radius 3 is 2.79 bits per heavy atom. The van der Waals surface area contributed by atoms with E-state index < -0.39 is 12.5 Å². The van der Waals surface area contributed by atoms with Gasteiger partial charge in [0.1, 0.15) is 18.3 Å². The Morgan fingerprint density at radius 2 is 2.03 bits per heavy atom. The van der Waals surface area contributed by atoms with Gasteiger partial charge in [0.2, 0.25) is 5.89 Å². The van der Waals surface area contributed by atoms with Gasteiger partial charge in [0, 0.05) is 34.6 Å². The fraction of sp³-hybridized carbons (Fsp3) is 0.0870. The Kier molecular flexibility index (Phi) is 5.50. The number of aromatic nitrogens is 6. The van der Waals surface area contributed by atoms with Gasteiger partial charge in [-0.05, 0) is 30.3 Å². The number of anilines is 1. The fourth-order valence-corrected chi connectivity index (χ4v) is 3.55. The smallest absolute Gasteiger partial charge is 0.306 e. The number of nitrogens with one attached hydrogen (secondary N) is 1. The predicted octanol–water partition coefficient (Wildman–Crippen LogP) is 5.12. The second kappa shape index (κ2) is 8.64. The van der Waals surface area contributed by atoms with E-state index >= 15 is 0 Å². The highest BCUT2D eigenvalue weighted by molar-refractivity contribution is 6.30. The molecule has 1 aromatic carbocycles. The van der Waals surface area contributed by atoms with Crippen molar-refractivity contribution >= 4 is 34.1 Å². The number of nitrogens with zero attached hydrogens (tertiary/aromatic N) is 6. The molecular formula is C23H16ClF2N7O. The molecule has 11 heteroatoms. The summed E-state index contributed by atoms with van der Waals surface area (Å²) in [6.07, 6.45) is 5.72. The minimum absolute atomic E-state index is 0.151. The van der Waals surface area contributed by atoms with Gasteiger partial charge in [-0.15, -0.1) is 0 Å². The number of hydrogen-bond donors (Lipinski definition) is 1. The van der Waals surface area contributed by atoms with Crippen LogP contribution in [0.15, 0.2) is 78.5 Å². The topological polar surface area (TPSA) is 94.6 Å². The molecule has 0 aliphatic rings. The quantitative estimate of drug-likeness (QED) is 0.346. The largest absolute Gasteiger partial charge is 0.436 e. The van der Waals surface area contributed by atoms with Gasteiger partial charge in [-0.3, -0.25) is 4.98 Å². The number of halogens is 3. The molecule has 0 amide bonds. The van der Waals surface area contributed by atoms with E-state index in [1.807, 2.05) is 0 Å². The van der Waals surface area contributed by atoms with E-state index in [9.17, 15) is 8.78 Å². The predicted molar refractivity (Wildman–Crippen MR) is 123 cm³/mol. The minimum atomic E-state index is -3.21. The molecule has 0 aliphatic heterocycles. The maximum Gasteiger partial charge on any atom is 0.306 e. The zero-order chi connectivity index (χ0) is 23.7. The lowest BCUT2D eigenvalue weighted by molar-refractivity contribution is 0.00594. The van der Waals surface area contributed by atoms with Crippen LogP contribution < -0.4 is 5.32 Å². The van der Waals surface area contributed by atoms with Crippen LogP contribution in [0.2, 0.25) is 5.02 Å². The van der Waals surface area contributed by atoms with E-state index in [4.69, 9.17) is 16.0 Å². The lowest BCUT2D eigenvalue weighted by atomic mass is 10.1. The summed E-state index contributed by atoms with van der Waals surface area (Å²) in [6, 6.07) is 11.1. The van der Waals surface area contributed by atoms with Gasteiger partial charge < -0.3 is 9.73 Å². The first-order chi connectivity index (χ1) is 16.4. The Morgan fingerprint density at radius 1 is 1.15 bits per heavy atom. The lowest BCUT2D eigenvalue weighted by Crippen LogP contribution is -2.26. The molecule has 0 saturated carbocycles. The van der Waals surface area contributed by atoms with E-state index in [0.717, 1.165) is 0 Å². The molecular weight excluding hydrogens is 464 g/mol. The van der Waals surface area contributed by atoms with E-state index in [-0.39, 0.29) is 17.4 Å². The summed E-state index contributed by atoms with van der Waals surface area (Å²) >= 11 is 6.21. The summed E-state index contributed by atoms with van der Waals surface area (Å²) < 4.78 is 36.6. The molecule has 0 aliphatic carbocycles. The molecule has 0 unspecified atom stereocenters. The first-order valence-corrected chi connectivity index (χ1v) is 10.4. The lowest BCUT2D eigenvalue weighted by Gasteiger charge is -2.16. The molecule has 5 rings (SSSR count). The third-order valence-corrected chi connectivity index (χ3v) is 5.27. The van der Waals surface area contributed by atoms with Crippen molar-refractivity contribution in [1.82, 2.24) is 29.7 Å². The van der Waals surface area contributed by atoms with Crippen LogP contribution in [0.5, 0.6) is 0 Å². The average Bonchev–Trinajstić information content (AvgIpc) is 3.53. The molecule has 1 N–H and O–H groups in total. The molecule has 0 spiro atoms. The first kappa shape index (κ1) is 21.7. The highest BCUT2D eigenvalue weighted by Gasteiger charge is 2.33. The normalized spacial score (nSPS) is 11.6. The highest BCUT2D eigenvalue weighted by atomic mass is 35.5. The summed E-state index contributed by atoms with van der Waals surface area (Å²) in [4.78, 5) is 16.3. The molecule has 4 aromatic heterocycles. The second-order valence-electron chi connectivity index (χ2n) is 7.28. The van der Waals surface area contributed by atoms with Crippen LogP contribution in [0.4, 0.5) is 14.6 Å². The number of oxazole rings is 1. The van der Waals surface area contributed by atoms with Crippen LogP contribution in [0, 0.1) is 0 Å². The molecule has 0 radical (unpaired) electrons. The number of alkyl halides is 2. The van der Waals surface area contributed by atoms with E-state index in [1.54, 1.807) is 41.3 Å². The molecule has 170 valence electrons. The van der Waals surface area contributed by atoms with Crippen LogP contribution >= 0.6 is 11.6 Å². The van der Waals surface area contributed by atoms with E-state index in [1.165, 1.54) is 30.9 Å². The third kappa shape index (κ3) is 4.11. The maximum absolute atomic E-state index is 14.6. The van der Waals surface area contributed by atoms with Crippen LogP contribution in [-0.4, -0.2) is 36.3 Å². The number of hydrogen-bond acceptors (Lipinski definition) is 7. The Labute approximate surface area is 197 Å². The number of fused-ring (bicyclic) bond motifs is 1. The van der Waals surface area contributed by atoms with Crippen molar-refractivity contribution in [2.75, 3.05) is 11.9 Å². The summed E-state index contributed by atoms with van der Waals surface area (Å²) in [5.41, 5.74) is 2.02. The molecule has 0 fully saturated rings. The highest BCUT2D eigenvalue weighted by Crippen LogP contribution is 2.33. The third-order valence-electron chi connectivity index (χ3n) is 5.03. The summed E-state index contributed by atoms with van der Waals surface area (Å²) in [5.74, 6) is -2.88. The number of benzene rings is 1. The number of rotatable bonds is 7. The number of pyridine rings is 2.